The number of nitrogens with zero attached hydrogens (tertiary/aromatic N) is 2. The number of amides is 4. The summed E-state index contributed by atoms with van der Waals surface area (Å²) in [5.74, 6) is -4.38. The van der Waals surface area contributed by atoms with Crippen LogP contribution in [0.4, 0.5) is 11.4 Å². The van der Waals surface area contributed by atoms with Crippen molar-refractivity contribution in [2.75, 3.05) is 29.5 Å². The Hall–Kier alpha value is -4.78. The number of aliphatic hydroxyl groups excluding tert-OH is 1. The number of carbonyl (C=O) groups excluding carboxylic acids is 5. The molecule has 2 aromatic rings. The van der Waals surface area contributed by atoms with Gasteiger partial charge in [0.2, 0.25) is 5.91 Å². The number of phenols is 1. The molecule has 1 unspecified atom stereocenters. The van der Waals surface area contributed by atoms with E-state index in [1.54, 1.807) is 26.0 Å². The van der Waals surface area contributed by atoms with E-state index in [1.807, 2.05) is 0 Å². The van der Waals surface area contributed by atoms with E-state index in [1.165, 1.54) is 24.3 Å². The Labute approximate surface area is 223 Å². The zero-order valence-corrected chi connectivity index (χ0v) is 21.2. The summed E-state index contributed by atoms with van der Waals surface area (Å²) in [6, 6.07) is 6.24. The van der Waals surface area contributed by atoms with Crippen molar-refractivity contribution in [2.45, 2.75) is 32.4 Å². The van der Waals surface area contributed by atoms with Gasteiger partial charge in [0.05, 0.1) is 30.4 Å². The maximum atomic E-state index is 13.7. The molecule has 3 rings (SSSR count). The Morgan fingerprint density at radius 1 is 1.10 bits per heavy atom. The first-order valence-electron chi connectivity index (χ1n) is 11.9. The van der Waals surface area contributed by atoms with Crippen LogP contribution in [0.2, 0.25) is 0 Å². The number of aliphatic hydroxyl groups is 1. The molecule has 0 saturated carbocycles. The fourth-order valence-corrected chi connectivity index (χ4v) is 4.22. The number of phenolic OH excluding ortho intramolecular Hbond substituents is 1. The van der Waals surface area contributed by atoms with Crippen LogP contribution >= 0.6 is 0 Å². The highest BCUT2D eigenvalue weighted by atomic mass is 16.4. The maximum Gasteiger partial charge on any atom is 0.305 e. The summed E-state index contributed by atoms with van der Waals surface area (Å²) in [7, 11) is 0. The third-order valence-corrected chi connectivity index (χ3v) is 6.09. The van der Waals surface area contributed by atoms with Crippen LogP contribution in [0.1, 0.15) is 27.9 Å². The average Bonchev–Trinajstić information content (AvgIpc) is 3.01. The highest BCUT2D eigenvalue weighted by Crippen LogP contribution is 2.33. The number of fused-ring (bicyclic) bond motifs is 1. The van der Waals surface area contributed by atoms with Gasteiger partial charge in [0, 0.05) is 5.56 Å². The van der Waals surface area contributed by atoms with E-state index in [0.717, 1.165) is 9.80 Å². The van der Waals surface area contributed by atoms with Crippen LogP contribution in [-0.4, -0.2) is 83.0 Å². The number of aryl methyl sites for hydroxylation is 2. The fourth-order valence-electron chi connectivity index (χ4n) is 4.22. The van der Waals surface area contributed by atoms with Gasteiger partial charge in [0.15, 0.2) is 0 Å². The molecule has 0 aliphatic carbocycles. The molecule has 0 aromatic heterocycles. The first-order chi connectivity index (χ1) is 18.5. The van der Waals surface area contributed by atoms with Gasteiger partial charge in [-0.2, -0.15) is 0 Å². The van der Waals surface area contributed by atoms with Crippen LogP contribution in [0.5, 0.6) is 5.75 Å². The van der Waals surface area contributed by atoms with Gasteiger partial charge in [0.25, 0.3) is 17.7 Å². The lowest BCUT2D eigenvalue weighted by molar-refractivity contribution is -0.139. The molecule has 4 amide bonds. The molecule has 2 atom stereocenters. The maximum absolute atomic E-state index is 13.7. The normalized spacial score (nSPS) is 15.6. The number of aromatic hydroxyl groups is 1. The van der Waals surface area contributed by atoms with Gasteiger partial charge < -0.3 is 35.6 Å². The minimum atomic E-state index is -1.37. The molecular formula is C26H28N4O9. The number of hydrogen-bond acceptors (Lipinski definition) is 8. The highest BCUT2D eigenvalue weighted by Gasteiger charge is 2.37. The minimum Gasteiger partial charge on any atom is -0.507 e. The fraction of sp³-hybridized carbons (Fsp3) is 0.308. The second-order valence-electron chi connectivity index (χ2n) is 8.97. The number of hydrogen-bond donors (Lipinski definition) is 5. The number of aliphatic carboxylic acids is 1. The number of carbonyl (C=O) groups is 6. The minimum absolute atomic E-state index is 0.0148. The summed E-state index contributed by atoms with van der Waals surface area (Å²) in [5.41, 5.74) is 1.31. The van der Waals surface area contributed by atoms with Crippen molar-refractivity contribution in [3.8, 4) is 5.75 Å². The van der Waals surface area contributed by atoms with Gasteiger partial charge in [-0.1, -0.05) is 12.1 Å². The highest BCUT2D eigenvalue weighted by molar-refractivity contribution is 6.11. The standard InChI is InChI=1S/C26H28N4O9/c1-14-7-16(8-15(2)24(14)37)25(38)28-18-10-29(22(34)13-32)19-5-3-4-6-20(19)30(26(18)39)11-21(33)27-17(12-31)9-23(35)36/h3-8,12,17-18,32,37H,9-11,13H2,1-2H3,(H,27,33)(H,28,38)(H,35,36)/t17-,18?/m0/s1. The number of nitrogens with one attached hydrogen (secondary N) is 2. The van der Waals surface area contributed by atoms with Crippen LogP contribution < -0.4 is 20.4 Å². The molecule has 0 spiro atoms. The van der Waals surface area contributed by atoms with Crippen molar-refractivity contribution >= 4 is 47.3 Å². The van der Waals surface area contributed by atoms with Crippen molar-refractivity contribution in [3.63, 3.8) is 0 Å². The van der Waals surface area contributed by atoms with Crippen molar-refractivity contribution in [1.82, 2.24) is 10.6 Å². The number of benzene rings is 2. The Bertz CT molecular complexity index is 1300. The van der Waals surface area contributed by atoms with Crippen molar-refractivity contribution in [1.29, 1.82) is 0 Å². The zero-order valence-electron chi connectivity index (χ0n) is 21.2. The topological polar surface area (TPSA) is 194 Å². The van der Waals surface area contributed by atoms with Gasteiger partial charge >= 0.3 is 5.97 Å². The quantitative estimate of drug-likeness (QED) is 0.264. The molecule has 1 aliphatic heterocycles. The van der Waals surface area contributed by atoms with Crippen molar-refractivity contribution in [2.24, 2.45) is 0 Å². The third-order valence-electron chi connectivity index (χ3n) is 6.09. The van der Waals surface area contributed by atoms with Gasteiger partial charge in [0.1, 0.15) is 31.2 Å². The largest absolute Gasteiger partial charge is 0.507 e. The molecule has 13 nitrogen and oxygen atoms in total. The van der Waals surface area contributed by atoms with E-state index in [-0.39, 0.29) is 35.5 Å². The van der Waals surface area contributed by atoms with E-state index in [9.17, 15) is 39.0 Å². The Morgan fingerprint density at radius 2 is 1.72 bits per heavy atom. The average molecular weight is 541 g/mol. The van der Waals surface area contributed by atoms with Gasteiger partial charge in [-0.3, -0.25) is 28.9 Å². The van der Waals surface area contributed by atoms with Crippen LogP contribution in [0.15, 0.2) is 36.4 Å². The van der Waals surface area contributed by atoms with Crippen LogP contribution in [0, 0.1) is 13.8 Å². The molecule has 5 N–H and O–H groups in total. The monoisotopic (exact) mass is 540 g/mol. The van der Waals surface area contributed by atoms with E-state index >= 15 is 0 Å². The first-order valence-corrected chi connectivity index (χ1v) is 11.9. The predicted molar refractivity (Wildman–Crippen MR) is 137 cm³/mol. The molecule has 1 heterocycles. The van der Waals surface area contributed by atoms with E-state index in [2.05, 4.69) is 10.6 Å². The van der Waals surface area contributed by atoms with E-state index in [0.29, 0.717) is 11.1 Å². The molecule has 13 heteroatoms. The molecule has 0 fully saturated rings. The molecule has 1 aliphatic rings. The van der Waals surface area contributed by atoms with Crippen LogP contribution in [-0.2, 0) is 24.0 Å². The predicted octanol–water partition coefficient (Wildman–Crippen LogP) is -0.362. The van der Waals surface area contributed by atoms with Crippen LogP contribution in [0.25, 0.3) is 0 Å². The number of rotatable bonds is 9. The van der Waals surface area contributed by atoms with Gasteiger partial charge in [-0.05, 0) is 49.2 Å². The van der Waals surface area contributed by atoms with Crippen molar-refractivity contribution in [3.05, 3.63) is 53.1 Å². The van der Waals surface area contributed by atoms with Crippen LogP contribution in [0.3, 0.4) is 0 Å². The van der Waals surface area contributed by atoms with Crippen molar-refractivity contribution < 1.29 is 44.1 Å². The Kier molecular flexibility index (Phi) is 8.99. The number of aldehydes is 1. The molecule has 2 aromatic carbocycles. The Morgan fingerprint density at radius 3 is 2.28 bits per heavy atom. The number of carboxylic acid groups (broad SMARTS) is 1. The Balaban J connectivity index is 1.98. The van der Waals surface area contributed by atoms with Gasteiger partial charge in [-0.15, -0.1) is 0 Å². The molecule has 0 radical (unpaired) electrons. The lowest BCUT2D eigenvalue weighted by atomic mass is 10.0. The van der Waals surface area contributed by atoms with Gasteiger partial charge in [-0.25, -0.2) is 0 Å². The molecule has 39 heavy (non-hydrogen) atoms. The summed E-state index contributed by atoms with van der Waals surface area (Å²) in [5, 5.41) is 33.4. The molecule has 206 valence electrons. The summed E-state index contributed by atoms with van der Waals surface area (Å²) < 4.78 is 0. The second-order valence-corrected chi connectivity index (χ2v) is 8.97. The lowest BCUT2D eigenvalue weighted by Crippen LogP contribution is -2.55. The smallest absolute Gasteiger partial charge is 0.305 e. The molecular weight excluding hydrogens is 512 g/mol. The zero-order chi connectivity index (χ0) is 28.9. The summed E-state index contributed by atoms with van der Waals surface area (Å²) >= 11 is 0. The summed E-state index contributed by atoms with van der Waals surface area (Å²) in [6.07, 6.45) is -0.404. The molecule has 0 bridgehead atoms. The lowest BCUT2D eigenvalue weighted by Gasteiger charge is -2.25. The van der Waals surface area contributed by atoms with E-state index < -0.39 is 61.3 Å². The number of anilines is 2. The summed E-state index contributed by atoms with van der Waals surface area (Å²) in [4.78, 5) is 76.6. The SMILES string of the molecule is Cc1cc(C(=O)NC2CN(C(=O)CO)c3ccccc3N(CC(=O)N[C@H](C=O)CC(=O)O)C2=O)cc(C)c1O. The second kappa shape index (κ2) is 12.2. The summed E-state index contributed by atoms with van der Waals surface area (Å²) in [6.45, 7) is 1.28. The van der Waals surface area contributed by atoms with E-state index in [4.69, 9.17) is 5.11 Å². The molecule has 0 saturated heterocycles. The number of carboxylic acids is 1. The first kappa shape index (κ1) is 28.8. The third kappa shape index (κ3) is 6.57. The number of para-hydroxylation sites is 2.